The fraction of sp³-hybridized carbons (Fsp3) is 0.412. The molecule has 0 aliphatic rings. The predicted molar refractivity (Wildman–Crippen MR) is 93.6 cm³/mol. The van der Waals surface area contributed by atoms with Crippen molar-refractivity contribution in [1.29, 1.82) is 0 Å². The highest BCUT2D eigenvalue weighted by Gasteiger charge is 2.33. The van der Waals surface area contributed by atoms with Crippen molar-refractivity contribution in [2.45, 2.75) is 45.6 Å². The fourth-order valence-corrected chi connectivity index (χ4v) is 2.73. The Bertz CT molecular complexity index is 717. The molecule has 0 spiro atoms. The van der Waals surface area contributed by atoms with Crippen LogP contribution in [0.5, 0.6) is 0 Å². The van der Waals surface area contributed by atoms with Crippen LogP contribution in [0.15, 0.2) is 29.9 Å². The number of anilines is 1. The molecule has 24 heavy (non-hydrogen) atoms. The predicted octanol–water partition coefficient (Wildman–Crippen LogP) is 4.05. The first-order valence-corrected chi connectivity index (χ1v) is 8.38. The number of nitrogens with one attached hydrogen (secondary N) is 1. The second-order valence-electron chi connectivity index (χ2n) is 6.85. The molecule has 0 aromatic carbocycles. The average Bonchev–Trinajstić information content (AvgIpc) is 3.00. The van der Waals surface area contributed by atoms with Gasteiger partial charge in [-0.25, -0.2) is 9.78 Å². The van der Waals surface area contributed by atoms with Crippen LogP contribution in [0.1, 0.15) is 50.1 Å². The molecule has 0 saturated carbocycles. The summed E-state index contributed by atoms with van der Waals surface area (Å²) in [5.41, 5.74) is -0.537. The zero-order valence-electron chi connectivity index (χ0n) is 14.4. The van der Waals surface area contributed by atoms with Crippen molar-refractivity contribution in [2.75, 3.05) is 5.32 Å². The number of thiazole rings is 1. The molecule has 7 heteroatoms. The first kappa shape index (κ1) is 18.1. The standard InChI is InChI=1S/C17H21N3O3S/c1-16(2,3)23-15(22)20-11-6-7-12(19-10-11)13(21)17(4,5)14-18-8-9-24-14/h6-10H,1-5H3,(H,20,22). The van der Waals surface area contributed by atoms with Crippen LogP contribution in [0, 0.1) is 0 Å². The molecule has 0 radical (unpaired) electrons. The van der Waals surface area contributed by atoms with Gasteiger partial charge in [-0.1, -0.05) is 0 Å². The number of nitrogens with zero attached hydrogens (tertiary/aromatic N) is 2. The van der Waals surface area contributed by atoms with Crippen LogP contribution in [0.2, 0.25) is 0 Å². The van der Waals surface area contributed by atoms with E-state index in [4.69, 9.17) is 4.74 Å². The number of ether oxygens (including phenoxy) is 1. The van der Waals surface area contributed by atoms with Gasteiger partial charge in [0.15, 0.2) is 5.78 Å². The Kier molecular flexibility index (Phi) is 5.03. The number of Topliss-reactive ketones (excluding diaryl/α,β-unsaturated/α-hetero) is 1. The number of carbonyl (C=O) groups excluding carboxylic acids is 2. The van der Waals surface area contributed by atoms with Gasteiger partial charge in [0.25, 0.3) is 0 Å². The monoisotopic (exact) mass is 347 g/mol. The molecule has 0 fully saturated rings. The van der Waals surface area contributed by atoms with Gasteiger partial charge in [0, 0.05) is 11.6 Å². The number of rotatable bonds is 4. The van der Waals surface area contributed by atoms with Crippen LogP contribution in [0.4, 0.5) is 10.5 Å². The second kappa shape index (κ2) is 6.68. The van der Waals surface area contributed by atoms with E-state index in [-0.39, 0.29) is 5.78 Å². The van der Waals surface area contributed by atoms with Gasteiger partial charge >= 0.3 is 6.09 Å². The highest BCUT2D eigenvalue weighted by molar-refractivity contribution is 7.09. The van der Waals surface area contributed by atoms with Crippen molar-refractivity contribution in [3.63, 3.8) is 0 Å². The molecular formula is C17H21N3O3S. The quantitative estimate of drug-likeness (QED) is 0.844. The maximum Gasteiger partial charge on any atom is 0.412 e. The lowest BCUT2D eigenvalue weighted by Crippen LogP contribution is -2.30. The molecule has 2 rings (SSSR count). The summed E-state index contributed by atoms with van der Waals surface area (Å²) in [5, 5.41) is 5.17. The van der Waals surface area contributed by atoms with Crippen LogP contribution < -0.4 is 5.32 Å². The van der Waals surface area contributed by atoms with Gasteiger partial charge in [0.2, 0.25) is 0 Å². The fourth-order valence-electron chi connectivity index (χ4n) is 1.97. The van der Waals surface area contributed by atoms with Gasteiger partial charge in [-0.2, -0.15) is 0 Å². The van der Waals surface area contributed by atoms with E-state index in [2.05, 4.69) is 15.3 Å². The first-order chi connectivity index (χ1) is 11.1. The van der Waals surface area contributed by atoms with E-state index in [1.165, 1.54) is 17.5 Å². The molecule has 0 aliphatic carbocycles. The maximum atomic E-state index is 12.7. The van der Waals surface area contributed by atoms with Crippen molar-refractivity contribution in [3.05, 3.63) is 40.6 Å². The summed E-state index contributed by atoms with van der Waals surface area (Å²) in [6, 6.07) is 3.21. The number of aromatic nitrogens is 2. The van der Waals surface area contributed by atoms with Gasteiger partial charge in [0.05, 0.1) is 17.3 Å². The van der Waals surface area contributed by atoms with Crippen molar-refractivity contribution in [1.82, 2.24) is 9.97 Å². The summed E-state index contributed by atoms with van der Waals surface area (Å²) in [5.74, 6) is -0.124. The largest absolute Gasteiger partial charge is 0.444 e. The molecule has 1 amide bonds. The number of ketones is 1. The van der Waals surface area contributed by atoms with Crippen LogP contribution in [0.25, 0.3) is 0 Å². The zero-order chi connectivity index (χ0) is 18.0. The Morgan fingerprint density at radius 3 is 2.33 bits per heavy atom. The molecular weight excluding hydrogens is 326 g/mol. The summed E-state index contributed by atoms with van der Waals surface area (Å²) in [6.45, 7) is 9.00. The Labute approximate surface area is 145 Å². The molecule has 0 saturated heterocycles. The lowest BCUT2D eigenvalue weighted by Gasteiger charge is -2.20. The molecule has 1 N–H and O–H groups in total. The number of pyridine rings is 1. The minimum absolute atomic E-state index is 0.124. The van der Waals surface area contributed by atoms with E-state index in [0.717, 1.165) is 5.01 Å². The van der Waals surface area contributed by atoms with Crippen molar-refractivity contribution < 1.29 is 14.3 Å². The topological polar surface area (TPSA) is 81.2 Å². The first-order valence-electron chi connectivity index (χ1n) is 7.50. The molecule has 6 nitrogen and oxygen atoms in total. The third-order valence-corrected chi connectivity index (χ3v) is 4.27. The minimum Gasteiger partial charge on any atom is -0.444 e. The molecule has 0 aliphatic heterocycles. The Morgan fingerprint density at radius 1 is 1.12 bits per heavy atom. The number of hydrogen-bond acceptors (Lipinski definition) is 6. The van der Waals surface area contributed by atoms with E-state index >= 15 is 0 Å². The second-order valence-corrected chi connectivity index (χ2v) is 7.74. The highest BCUT2D eigenvalue weighted by Crippen LogP contribution is 2.28. The van der Waals surface area contributed by atoms with Crippen molar-refractivity contribution >= 4 is 28.9 Å². The highest BCUT2D eigenvalue weighted by atomic mass is 32.1. The van der Waals surface area contributed by atoms with Gasteiger partial charge < -0.3 is 4.74 Å². The van der Waals surface area contributed by atoms with Gasteiger partial charge in [-0.15, -0.1) is 11.3 Å². The third-order valence-electron chi connectivity index (χ3n) is 3.18. The van der Waals surface area contributed by atoms with Gasteiger partial charge in [-0.05, 0) is 46.8 Å². The van der Waals surface area contributed by atoms with E-state index in [1.54, 1.807) is 39.1 Å². The third kappa shape index (κ3) is 4.38. The number of carbonyl (C=O) groups is 2. The Balaban J connectivity index is 2.09. The van der Waals surface area contributed by atoms with Crippen LogP contribution >= 0.6 is 11.3 Å². The molecule has 0 atom stereocenters. The summed E-state index contributed by atoms with van der Waals surface area (Å²) in [6.07, 6.45) is 2.55. The Hall–Kier alpha value is -2.28. The maximum absolute atomic E-state index is 12.7. The summed E-state index contributed by atoms with van der Waals surface area (Å²) < 4.78 is 5.17. The van der Waals surface area contributed by atoms with Gasteiger partial charge in [0.1, 0.15) is 16.3 Å². The summed E-state index contributed by atoms with van der Waals surface area (Å²) in [4.78, 5) is 32.8. The number of hydrogen-bond donors (Lipinski definition) is 1. The lowest BCUT2D eigenvalue weighted by atomic mass is 9.87. The van der Waals surface area contributed by atoms with E-state index < -0.39 is 17.1 Å². The van der Waals surface area contributed by atoms with Crippen molar-refractivity contribution in [3.8, 4) is 0 Å². The SMILES string of the molecule is CC(C)(C)OC(=O)Nc1ccc(C(=O)C(C)(C)c2nccs2)nc1. The molecule has 128 valence electrons. The summed E-state index contributed by atoms with van der Waals surface area (Å²) >= 11 is 1.44. The van der Waals surface area contributed by atoms with E-state index in [0.29, 0.717) is 11.4 Å². The summed E-state index contributed by atoms with van der Waals surface area (Å²) in [7, 11) is 0. The molecule has 2 aromatic heterocycles. The van der Waals surface area contributed by atoms with E-state index in [9.17, 15) is 9.59 Å². The zero-order valence-corrected chi connectivity index (χ0v) is 15.2. The molecule has 0 bridgehead atoms. The molecule has 2 aromatic rings. The number of amides is 1. The normalized spacial score (nSPS) is 11.9. The minimum atomic E-state index is -0.749. The lowest BCUT2D eigenvalue weighted by molar-refractivity contribution is 0.0635. The molecule has 0 unspecified atom stereocenters. The average molecular weight is 347 g/mol. The smallest absolute Gasteiger partial charge is 0.412 e. The van der Waals surface area contributed by atoms with E-state index in [1.807, 2.05) is 19.2 Å². The van der Waals surface area contributed by atoms with Crippen LogP contribution in [-0.4, -0.2) is 27.4 Å². The van der Waals surface area contributed by atoms with Crippen LogP contribution in [0.3, 0.4) is 0 Å². The Morgan fingerprint density at radius 2 is 1.83 bits per heavy atom. The van der Waals surface area contributed by atoms with Gasteiger partial charge in [-0.3, -0.25) is 15.1 Å². The van der Waals surface area contributed by atoms with Crippen LogP contribution in [-0.2, 0) is 10.2 Å². The van der Waals surface area contributed by atoms with Crippen molar-refractivity contribution in [2.24, 2.45) is 0 Å². The molecule has 2 heterocycles.